The molecular weight excluding hydrogens is 423 g/mol. The molecule has 2 heterocycles. The molecule has 2 aliphatic heterocycles. The van der Waals surface area contributed by atoms with E-state index < -0.39 is 0 Å². The third-order valence-corrected chi connectivity index (χ3v) is 6.32. The minimum atomic E-state index is -0.380. The molecule has 2 aromatic rings. The number of hydrogen-bond acceptors (Lipinski definition) is 5. The van der Waals surface area contributed by atoms with Crippen LogP contribution in [0, 0.1) is 11.7 Å². The molecule has 0 bridgehead atoms. The molecule has 0 aromatic heterocycles. The first-order chi connectivity index (χ1) is 15.9. The van der Waals surface area contributed by atoms with Crippen molar-refractivity contribution in [2.75, 3.05) is 33.9 Å². The summed E-state index contributed by atoms with van der Waals surface area (Å²) >= 11 is 0. The van der Waals surface area contributed by atoms with Crippen molar-refractivity contribution < 1.29 is 23.5 Å². The molecule has 1 unspecified atom stereocenters. The second kappa shape index (κ2) is 9.65. The monoisotopic (exact) mass is 452 g/mol. The van der Waals surface area contributed by atoms with E-state index in [9.17, 15) is 14.0 Å². The van der Waals surface area contributed by atoms with Crippen LogP contribution in [0.15, 0.2) is 48.2 Å². The van der Waals surface area contributed by atoms with Crippen LogP contribution < -0.4 is 9.47 Å². The van der Waals surface area contributed by atoms with E-state index in [4.69, 9.17) is 9.47 Å². The van der Waals surface area contributed by atoms with Gasteiger partial charge in [-0.3, -0.25) is 14.5 Å². The molecule has 4 rings (SSSR count). The molecule has 0 saturated carbocycles. The summed E-state index contributed by atoms with van der Waals surface area (Å²) in [6.07, 6.45) is 2.55. The van der Waals surface area contributed by atoms with E-state index in [0.717, 1.165) is 31.5 Å². The summed E-state index contributed by atoms with van der Waals surface area (Å²) in [7, 11) is 3.14. The van der Waals surface area contributed by atoms with Gasteiger partial charge in [0.25, 0.3) is 11.8 Å². The maximum atomic E-state index is 13.5. The quantitative estimate of drug-likeness (QED) is 0.597. The molecule has 174 valence electrons. The van der Waals surface area contributed by atoms with Crippen LogP contribution in [0.2, 0.25) is 0 Å². The fourth-order valence-electron chi connectivity index (χ4n) is 4.61. The van der Waals surface area contributed by atoms with E-state index >= 15 is 0 Å². The van der Waals surface area contributed by atoms with E-state index in [1.165, 1.54) is 17.0 Å². The number of benzene rings is 2. The first-order valence-corrected chi connectivity index (χ1v) is 11.2. The number of carbonyl (C=O) groups excluding carboxylic acids is 2. The summed E-state index contributed by atoms with van der Waals surface area (Å²) in [6, 6.07) is 11.3. The van der Waals surface area contributed by atoms with E-state index in [2.05, 4.69) is 6.92 Å². The molecule has 0 radical (unpaired) electrons. The first-order valence-electron chi connectivity index (χ1n) is 11.2. The van der Waals surface area contributed by atoms with Crippen molar-refractivity contribution >= 4 is 17.4 Å². The average Bonchev–Trinajstić information content (AvgIpc) is 3.07. The summed E-state index contributed by atoms with van der Waals surface area (Å²) < 4.78 is 24.2. The number of rotatable bonds is 7. The number of halogens is 1. The molecule has 0 aliphatic carbocycles. The molecule has 6 nitrogen and oxygen atoms in total. The van der Waals surface area contributed by atoms with Gasteiger partial charge in [-0.15, -0.1) is 0 Å². The summed E-state index contributed by atoms with van der Waals surface area (Å²) in [4.78, 5) is 30.3. The Hall–Kier alpha value is -3.35. The lowest BCUT2D eigenvalue weighted by Gasteiger charge is -2.33. The molecule has 2 amide bonds. The molecular formula is C26H29FN2O4. The lowest BCUT2D eigenvalue weighted by atomic mass is 9.98. The largest absolute Gasteiger partial charge is 0.493 e. The highest BCUT2D eigenvalue weighted by Crippen LogP contribution is 2.34. The number of nitrogens with zero attached hydrogens (tertiary/aromatic N) is 2. The molecule has 2 aliphatic rings. The molecule has 2 aromatic carbocycles. The summed E-state index contributed by atoms with van der Waals surface area (Å²) in [5.41, 5.74) is 2.29. The van der Waals surface area contributed by atoms with Crippen molar-refractivity contribution in [2.45, 2.75) is 26.2 Å². The van der Waals surface area contributed by atoms with Crippen LogP contribution in [0.5, 0.6) is 11.5 Å². The van der Waals surface area contributed by atoms with Gasteiger partial charge in [-0.2, -0.15) is 0 Å². The third kappa shape index (κ3) is 4.58. The van der Waals surface area contributed by atoms with Crippen LogP contribution in [0.4, 0.5) is 4.39 Å². The Labute approximate surface area is 193 Å². The van der Waals surface area contributed by atoms with Crippen LogP contribution in [0.25, 0.3) is 5.57 Å². The smallest absolute Gasteiger partial charge is 0.277 e. The highest BCUT2D eigenvalue weighted by Gasteiger charge is 2.42. The minimum absolute atomic E-state index is 0.241. The van der Waals surface area contributed by atoms with Crippen molar-refractivity contribution in [3.8, 4) is 11.5 Å². The van der Waals surface area contributed by atoms with Gasteiger partial charge in [0.05, 0.1) is 19.8 Å². The van der Waals surface area contributed by atoms with Crippen LogP contribution in [0.1, 0.15) is 30.9 Å². The van der Waals surface area contributed by atoms with Crippen LogP contribution in [0.3, 0.4) is 0 Å². The van der Waals surface area contributed by atoms with Crippen molar-refractivity contribution in [3.63, 3.8) is 0 Å². The Morgan fingerprint density at radius 1 is 1.00 bits per heavy atom. The maximum absolute atomic E-state index is 13.5. The zero-order valence-corrected chi connectivity index (χ0v) is 19.3. The topological polar surface area (TPSA) is 59.1 Å². The van der Waals surface area contributed by atoms with Gasteiger partial charge in [0.15, 0.2) is 11.5 Å². The fraction of sp³-hybridized carbons (Fsp3) is 0.385. The zero-order chi connectivity index (χ0) is 23.5. The van der Waals surface area contributed by atoms with E-state index in [1.807, 2.05) is 23.1 Å². The van der Waals surface area contributed by atoms with Gasteiger partial charge in [-0.1, -0.05) is 25.1 Å². The number of likely N-dealkylation sites (tertiary alicyclic amines) is 1. The van der Waals surface area contributed by atoms with Crippen LogP contribution >= 0.6 is 0 Å². The second-order valence-corrected chi connectivity index (χ2v) is 8.63. The Morgan fingerprint density at radius 2 is 1.73 bits per heavy atom. The Morgan fingerprint density at radius 3 is 2.39 bits per heavy atom. The van der Waals surface area contributed by atoms with Crippen molar-refractivity contribution in [1.82, 2.24) is 9.80 Å². The molecule has 33 heavy (non-hydrogen) atoms. The zero-order valence-electron chi connectivity index (χ0n) is 19.3. The second-order valence-electron chi connectivity index (χ2n) is 8.63. The van der Waals surface area contributed by atoms with Gasteiger partial charge >= 0.3 is 0 Å². The Bertz CT molecular complexity index is 1080. The normalized spacial score (nSPS) is 18.8. The summed E-state index contributed by atoms with van der Waals surface area (Å²) in [6.45, 7) is 3.85. The Balaban J connectivity index is 1.62. The predicted octanol–water partition coefficient (Wildman–Crippen LogP) is 3.90. The molecule has 0 spiro atoms. The third-order valence-electron chi connectivity index (χ3n) is 6.32. The number of carbonyl (C=O) groups is 2. The molecule has 7 heteroatoms. The van der Waals surface area contributed by atoms with Crippen LogP contribution in [-0.2, 0) is 16.0 Å². The van der Waals surface area contributed by atoms with Crippen molar-refractivity contribution in [3.05, 3.63) is 65.1 Å². The van der Waals surface area contributed by atoms with E-state index in [-0.39, 0.29) is 24.2 Å². The fourth-order valence-corrected chi connectivity index (χ4v) is 4.61. The van der Waals surface area contributed by atoms with E-state index in [1.54, 1.807) is 26.4 Å². The van der Waals surface area contributed by atoms with Gasteiger partial charge in [-0.25, -0.2) is 4.39 Å². The average molecular weight is 453 g/mol. The summed E-state index contributed by atoms with van der Waals surface area (Å²) in [5.74, 6) is 0.659. The standard InChI is InChI=1S/C26H29FN2O4/c1-17-5-4-13-28(16-17)24-23(19-7-9-20(27)10-8-19)25(30)29(26(24)31)14-12-18-6-11-21(32-2)22(15-18)33-3/h6-11,15,17H,4-5,12-14,16H2,1-3H3. The van der Waals surface area contributed by atoms with Crippen molar-refractivity contribution in [2.24, 2.45) is 5.92 Å². The Kier molecular flexibility index (Phi) is 6.67. The highest BCUT2D eigenvalue weighted by molar-refractivity contribution is 6.35. The van der Waals surface area contributed by atoms with Crippen LogP contribution in [-0.4, -0.2) is 55.5 Å². The van der Waals surface area contributed by atoms with Gasteiger partial charge in [0.2, 0.25) is 0 Å². The lowest BCUT2D eigenvalue weighted by Crippen LogP contribution is -2.39. The SMILES string of the molecule is COc1ccc(CCN2C(=O)C(c3ccc(F)cc3)=C(N3CCCC(C)C3)C2=O)cc1OC. The summed E-state index contributed by atoms with van der Waals surface area (Å²) in [5, 5.41) is 0. The molecule has 1 atom stereocenters. The highest BCUT2D eigenvalue weighted by atomic mass is 19.1. The van der Waals surface area contributed by atoms with Gasteiger partial charge in [0, 0.05) is 19.6 Å². The van der Waals surface area contributed by atoms with E-state index in [0.29, 0.717) is 40.7 Å². The number of ether oxygens (including phenoxy) is 2. The number of piperidine rings is 1. The molecule has 1 fully saturated rings. The number of methoxy groups -OCH3 is 2. The number of amides is 2. The van der Waals surface area contributed by atoms with Crippen molar-refractivity contribution in [1.29, 1.82) is 0 Å². The number of hydrogen-bond donors (Lipinski definition) is 0. The predicted molar refractivity (Wildman–Crippen MR) is 123 cm³/mol. The number of imide groups is 1. The van der Waals surface area contributed by atoms with Gasteiger partial charge in [0.1, 0.15) is 11.5 Å². The van der Waals surface area contributed by atoms with Gasteiger partial charge in [-0.05, 0) is 60.6 Å². The molecule has 1 saturated heterocycles. The lowest BCUT2D eigenvalue weighted by molar-refractivity contribution is -0.137. The first kappa shape index (κ1) is 22.8. The maximum Gasteiger partial charge on any atom is 0.277 e. The van der Waals surface area contributed by atoms with Gasteiger partial charge < -0.3 is 14.4 Å². The molecule has 0 N–H and O–H groups in total. The minimum Gasteiger partial charge on any atom is -0.493 e.